The van der Waals surface area contributed by atoms with Crippen LogP contribution in [0.15, 0.2) is 0 Å². The molecule has 0 spiro atoms. The van der Waals surface area contributed by atoms with E-state index in [1.165, 1.54) is 0 Å². The second-order valence-corrected chi connectivity index (χ2v) is 3.14. The van der Waals surface area contributed by atoms with Crippen LogP contribution in [-0.2, 0) is 41.3 Å². The van der Waals surface area contributed by atoms with E-state index in [2.05, 4.69) is 7.26 Å². The third-order valence-corrected chi connectivity index (χ3v) is 2.05. The van der Waals surface area contributed by atoms with E-state index in [0.717, 1.165) is 0 Å². The zero-order valence-electron chi connectivity index (χ0n) is 5.57. The fourth-order valence-electron chi connectivity index (χ4n) is 0.106. The van der Waals surface area contributed by atoms with Crippen molar-refractivity contribution in [1.82, 2.24) is 12.3 Å². The fourth-order valence-corrected chi connectivity index (χ4v) is 1.16. The minimum atomic E-state index is -2.78. The molecule has 0 aromatic heterocycles. The topological polar surface area (TPSA) is 180 Å². The van der Waals surface area contributed by atoms with Crippen molar-refractivity contribution in [2.45, 2.75) is 0 Å². The van der Waals surface area contributed by atoms with E-state index in [1.54, 1.807) is 0 Å². The summed E-state index contributed by atoms with van der Waals surface area (Å²) < 4.78 is 51.9. The molecule has 0 saturated heterocycles. The van der Waals surface area contributed by atoms with Crippen molar-refractivity contribution >= 4 is 93.2 Å². The third-order valence-electron chi connectivity index (χ3n) is 0.228. The van der Waals surface area contributed by atoms with Crippen LogP contribution in [0, 0.1) is 0 Å². The molecule has 0 amide bonds. The van der Waals surface area contributed by atoms with E-state index >= 15 is 0 Å². The first-order valence-electron chi connectivity index (χ1n) is 1.53. The molecule has 0 aromatic carbocycles. The monoisotopic (exact) mass is 292 g/mol. The first-order valence-corrected chi connectivity index (χ1v) is 4.60. The van der Waals surface area contributed by atoms with E-state index in [-0.39, 0.29) is 71.4 Å². The van der Waals surface area contributed by atoms with E-state index in [0.29, 0.717) is 0 Å². The first kappa shape index (κ1) is 29.8. The van der Waals surface area contributed by atoms with Crippen molar-refractivity contribution in [3.63, 3.8) is 0 Å². The average Bonchev–Trinajstić information content (AvgIpc) is 1.58. The van der Waals surface area contributed by atoms with Crippen LogP contribution < -0.4 is 12.3 Å². The Morgan fingerprint density at radius 2 is 1.00 bits per heavy atom. The van der Waals surface area contributed by atoms with Gasteiger partial charge in [-0.1, -0.05) is 0 Å². The standard InChI is InChI=1S/2H3N.2Na.H2O7S3.2H/c;;;;1-8(2)6-10(5)7-9(3)4;;/h2*1H3;;;(H,1,2)(H,3,4);;. The van der Waals surface area contributed by atoms with Crippen LogP contribution in [0.4, 0.5) is 0 Å². The van der Waals surface area contributed by atoms with E-state index < -0.39 is 34.1 Å². The summed E-state index contributed by atoms with van der Waals surface area (Å²) in [6.07, 6.45) is 0. The molecule has 0 aromatic rings. The predicted molar refractivity (Wildman–Crippen MR) is 56.2 cm³/mol. The molecule has 8 N–H and O–H groups in total. The molecule has 14 heteroatoms. The Hall–Kier alpha value is 2.21. The molecule has 0 rings (SSSR count). The predicted octanol–water partition coefficient (Wildman–Crippen LogP) is -2.10. The van der Waals surface area contributed by atoms with Gasteiger partial charge in [-0.3, -0.25) is 9.11 Å². The molecular formula is H10N2Na2O7S3. The summed E-state index contributed by atoms with van der Waals surface area (Å²) in [5.74, 6) is 0. The number of hydrogen-bond donors (Lipinski definition) is 4. The molecule has 2 atom stereocenters. The summed E-state index contributed by atoms with van der Waals surface area (Å²) in [5, 5.41) is 0. The van der Waals surface area contributed by atoms with Crippen LogP contribution in [0.2, 0.25) is 0 Å². The normalized spacial score (nSPS) is 14.1. The van der Waals surface area contributed by atoms with Crippen molar-refractivity contribution in [3.05, 3.63) is 0 Å². The summed E-state index contributed by atoms with van der Waals surface area (Å²) in [5.41, 5.74) is 0. The van der Waals surface area contributed by atoms with Crippen molar-refractivity contribution in [3.8, 4) is 0 Å². The van der Waals surface area contributed by atoms with Gasteiger partial charge in [0.05, 0.1) is 0 Å². The van der Waals surface area contributed by atoms with Gasteiger partial charge in [-0.25, -0.2) is 0 Å². The van der Waals surface area contributed by atoms with Gasteiger partial charge in [0.1, 0.15) is 0 Å². The van der Waals surface area contributed by atoms with E-state index in [4.69, 9.17) is 9.11 Å². The Kier molecular flexibility index (Phi) is 37.5. The maximum atomic E-state index is 10.0. The molecule has 0 aliphatic heterocycles. The van der Waals surface area contributed by atoms with Gasteiger partial charge in [0, 0.05) is 0 Å². The van der Waals surface area contributed by atoms with Crippen LogP contribution in [0.25, 0.3) is 0 Å². The summed E-state index contributed by atoms with van der Waals surface area (Å²) in [4.78, 5) is 0. The summed E-state index contributed by atoms with van der Waals surface area (Å²) >= 11 is -8.25. The Morgan fingerprint density at radius 1 is 0.786 bits per heavy atom. The quantitative estimate of drug-likeness (QED) is 0.333. The second kappa shape index (κ2) is 17.6. The molecule has 0 aliphatic rings. The van der Waals surface area contributed by atoms with Crippen LogP contribution in [0.5, 0.6) is 0 Å². The molecule has 2 unspecified atom stereocenters. The summed E-state index contributed by atoms with van der Waals surface area (Å²) in [7, 11) is 0. The molecule has 9 nitrogen and oxygen atoms in total. The Labute approximate surface area is 133 Å². The van der Waals surface area contributed by atoms with Crippen molar-refractivity contribution in [2.24, 2.45) is 0 Å². The molecule has 0 radical (unpaired) electrons. The summed E-state index contributed by atoms with van der Waals surface area (Å²) in [6.45, 7) is 0. The van der Waals surface area contributed by atoms with Crippen LogP contribution in [-0.4, -0.2) is 80.8 Å². The molecule has 82 valence electrons. The number of hydrogen-bond acceptors (Lipinski definition) is 7. The Morgan fingerprint density at radius 3 is 1.14 bits per heavy atom. The molecule has 0 heterocycles. The van der Waals surface area contributed by atoms with Gasteiger partial charge in [-0.15, -0.1) is 7.26 Å². The SMILES string of the molecule is N.N.O=S(O)OS(=O)OS(=O)O.[NaH].[NaH]. The van der Waals surface area contributed by atoms with Gasteiger partial charge in [-0.05, 0) is 0 Å². The van der Waals surface area contributed by atoms with Crippen molar-refractivity contribution in [2.75, 3.05) is 0 Å². The van der Waals surface area contributed by atoms with E-state index in [9.17, 15) is 12.6 Å². The van der Waals surface area contributed by atoms with Gasteiger partial charge < -0.3 is 12.3 Å². The maximum absolute atomic E-state index is 10.0. The Balaban J connectivity index is -0.0000000675. The zero-order valence-corrected chi connectivity index (χ0v) is 8.02. The van der Waals surface area contributed by atoms with Crippen molar-refractivity contribution in [1.29, 1.82) is 0 Å². The average molecular weight is 292 g/mol. The van der Waals surface area contributed by atoms with Gasteiger partial charge in [0.25, 0.3) is 0 Å². The molecule has 0 fully saturated rings. The molecule has 14 heavy (non-hydrogen) atoms. The van der Waals surface area contributed by atoms with Gasteiger partial charge in [0.2, 0.25) is 0 Å². The minimum absolute atomic E-state index is 0. The van der Waals surface area contributed by atoms with Crippen LogP contribution in [0.3, 0.4) is 0 Å². The van der Waals surface area contributed by atoms with Gasteiger partial charge in [-0.2, -0.15) is 12.6 Å². The fraction of sp³-hybridized carbons (Fsp3) is 0. The Bertz CT molecular complexity index is 168. The van der Waals surface area contributed by atoms with Gasteiger partial charge >= 0.3 is 93.2 Å². The second-order valence-electron chi connectivity index (χ2n) is 0.774. The van der Waals surface area contributed by atoms with E-state index in [1.807, 2.05) is 0 Å². The third kappa shape index (κ3) is 23.8. The first-order chi connectivity index (χ1) is 4.52. The zero-order chi connectivity index (χ0) is 8.15. The molecule has 0 bridgehead atoms. The molecule has 0 aliphatic carbocycles. The van der Waals surface area contributed by atoms with Crippen molar-refractivity contribution < 1.29 is 29.0 Å². The van der Waals surface area contributed by atoms with Gasteiger partial charge in [0.15, 0.2) is 0 Å². The molecule has 0 saturated carbocycles. The number of rotatable bonds is 4. The van der Waals surface area contributed by atoms with Crippen LogP contribution in [0.1, 0.15) is 0 Å². The summed E-state index contributed by atoms with van der Waals surface area (Å²) in [6, 6.07) is 0. The van der Waals surface area contributed by atoms with Crippen LogP contribution >= 0.6 is 0 Å². The molecular weight excluding hydrogens is 282 g/mol.